The van der Waals surface area contributed by atoms with Crippen molar-refractivity contribution in [2.24, 2.45) is 0 Å². The predicted octanol–water partition coefficient (Wildman–Crippen LogP) is 4.41. The fraction of sp³-hybridized carbons (Fsp3) is 0.355. The highest BCUT2D eigenvalue weighted by atomic mass is 16.4. The van der Waals surface area contributed by atoms with Crippen molar-refractivity contribution in [3.63, 3.8) is 0 Å². The number of furan rings is 1. The van der Waals surface area contributed by atoms with E-state index in [1.54, 1.807) is 31.2 Å². The van der Waals surface area contributed by atoms with Crippen molar-refractivity contribution in [1.29, 1.82) is 0 Å². The van der Waals surface area contributed by atoms with Crippen molar-refractivity contribution in [3.05, 3.63) is 80.4 Å². The molecule has 4 rings (SSSR count). The molecule has 2 atom stereocenters. The minimum absolute atomic E-state index is 0.106. The van der Waals surface area contributed by atoms with Crippen LogP contribution in [0.4, 0.5) is 0 Å². The molecule has 210 valence electrons. The van der Waals surface area contributed by atoms with Gasteiger partial charge in [-0.3, -0.25) is 9.59 Å². The van der Waals surface area contributed by atoms with Crippen molar-refractivity contribution in [2.45, 2.75) is 72.4 Å². The zero-order valence-electron chi connectivity index (χ0n) is 23.3. The Morgan fingerprint density at radius 3 is 2.17 bits per heavy atom. The van der Waals surface area contributed by atoms with Crippen LogP contribution in [-0.2, 0) is 27.2 Å². The maximum Gasteiger partial charge on any atom is 0.340 e. The number of nitrogens with one attached hydrogen (secondary N) is 2. The van der Waals surface area contributed by atoms with Crippen molar-refractivity contribution >= 4 is 39.7 Å². The zero-order chi connectivity index (χ0) is 29.1. The quantitative estimate of drug-likeness (QED) is 0.250. The normalized spacial score (nSPS) is 12.8. The highest BCUT2D eigenvalue weighted by Gasteiger charge is 2.27. The van der Waals surface area contributed by atoms with Crippen LogP contribution in [0.25, 0.3) is 21.9 Å². The van der Waals surface area contributed by atoms with Crippen LogP contribution >= 0.6 is 0 Å². The second kappa shape index (κ2) is 11.8. The lowest BCUT2D eigenvalue weighted by Gasteiger charge is -2.21. The van der Waals surface area contributed by atoms with Crippen molar-refractivity contribution in [1.82, 2.24) is 10.6 Å². The summed E-state index contributed by atoms with van der Waals surface area (Å²) in [5, 5.41) is 16.5. The van der Waals surface area contributed by atoms with Gasteiger partial charge < -0.3 is 24.6 Å². The topological polar surface area (TPSA) is 139 Å². The van der Waals surface area contributed by atoms with Crippen LogP contribution in [-0.4, -0.2) is 35.0 Å². The van der Waals surface area contributed by atoms with Gasteiger partial charge in [0.2, 0.25) is 11.8 Å². The molecule has 9 heteroatoms. The summed E-state index contributed by atoms with van der Waals surface area (Å²) in [6.07, 6.45) is 0.695. The number of carboxylic acid groups (broad SMARTS) is 1. The SMILES string of the molecule is CCC[C@H](NC(=O)Cc1c(C)c2cc3c(C)c(C)oc3c(C)c2oc1=O)C(=O)N[C@@H](Cc1ccccc1)C(=O)O. The first-order chi connectivity index (χ1) is 19.0. The smallest absolute Gasteiger partial charge is 0.340 e. The number of carbonyl (C=O) groups excluding carboxylic acids is 2. The molecule has 2 heterocycles. The number of amides is 2. The van der Waals surface area contributed by atoms with Crippen LogP contribution in [0.1, 0.15) is 53.3 Å². The number of hydrogen-bond donors (Lipinski definition) is 3. The molecule has 0 spiro atoms. The Kier molecular flexibility index (Phi) is 8.42. The average molecular weight is 547 g/mol. The lowest BCUT2D eigenvalue weighted by atomic mass is 9.98. The Bertz CT molecular complexity index is 1650. The molecule has 0 saturated heterocycles. The molecule has 0 bridgehead atoms. The number of benzene rings is 2. The number of fused-ring (bicyclic) bond motifs is 2. The van der Waals surface area contributed by atoms with E-state index < -0.39 is 35.5 Å². The minimum atomic E-state index is -1.17. The third-order valence-corrected chi connectivity index (χ3v) is 7.41. The summed E-state index contributed by atoms with van der Waals surface area (Å²) in [5.41, 5.74) is 3.73. The molecular weight excluding hydrogens is 512 g/mol. The number of carboxylic acids is 1. The van der Waals surface area contributed by atoms with Crippen LogP contribution in [0.3, 0.4) is 0 Å². The summed E-state index contributed by atoms with van der Waals surface area (Å²) in [4.78, 5) is 50.9. The predicted molar refractivity (Wildman–Crippen MR) is 151 cm³/mol. The first-order valence-electron chi connectivity index (χ1n) is 13.3. The van der Waals surface area contributed by atoms with Gasteiger partial charge in [0, 0.05) is 22.8 Å². The molecule has 40 heavy (non-hydrogen) atoms. The van der Waals surface area contributed by atoms with E-state index in [1.165, 1.54) is 0 Å². The first-order valence-corrected chi connectivity index (χ1v) is 13.3. The van der Waals surface area contributed by atoms with E-state index in [2.05, 4.69) is 10.6 Å². The molecule has 3 N–H and O–H groups in total. The lowest BCUT2D eigenvalue weighted by molar-refractivity contribution is -0.142. The fourth-order valence-electron chi connectivity index (χ4n) is 4.98. The monoisotopic (exact) mass is 546 g/mol. The van der Waals surface area contributed by atoms with Crippen LogP contribution in [0.5, 0.6) is 0 Å². The third kappa shape index (κ3) is 5.78. The van der Waals surface area contributed by atoms with Crippen LogP contribution in [0.15, 0.2) is 50.0 Å². The molecule has 0 radical (unpaired) electrons. The maximum atomic E-state index is 13.1. The molecule has 4 aromatic rings. The van der Waals surface area contributed by atoms with Crippen molar-refractivity contribution in [2.75, 3.05) is 0 Å². The van der Waals surface area contributed by atoms with E-state index in [4.69, 9.17) is 8.83 Å². The Morgan fingerprint density at radius 2 is 1.52 bits per heavy atom. The summed E-state index contributed by atoms with van der Waals surface area (Å²) in [5.74, 6) is -1.52. The fourth-order valence-corrected chi connectivity index (χ4v) is 4.98. The van der Waals surface area contributed by atoms with E-state index in [0.717, 1.165) is 22.3 Å². The van der Waals surface area contributed by atoms with E-state index in [-0.39, 0.29) is 18.4 Å². The molecule has 2 amide bonds. The van der Waals surface area contributed by atoms with Crippen LogP contribution < -0.4 is 16.3 Å². The molecule has 0 fully saturated rings. The molecule has 0 aliphatic rings. The molecule has 9 nitrogen and oxygen atoms in total. The molecule has 2 aromatic heterocycles. The largest absolute Gasteiger partial charge is 0.480 e. The van der Waals surface area contributed by atoms with Crippen LogP contribution in [0.2, 0.25) is 0 Å². The zero-order valence-corrected chi connectivity index (χ0v) is 23.3. The molecule has 2 aromatic carbocycles. The van der Waals surface area contributed by atoms with Crippen molar-refractivity contribution < 1.29 is 28.3 Å². The highest BCUT2D eigenvalue weighted by molar-refractivity contribution is 6.00. The first kappa shape index (κ1) is 28.6. The van der Waals surface area contributed by atoms with E-state index in [9.17, 15) is 24.3 Å². The Labute approximate surface area is 231 Å². The maximum absolute atomic E-state index is 13.1. The van der Waals surface area contributed by atoms with Gasteiger partial charge in [-0.15, -0.1) is 0 Å². The van der Waals surface area contributed by atoms with Gasteiger partial charge in [-0.05, 0) is 56.9 Å². The van der Waals surface area contributed by atoms with Gasteiger partial charge in [0.1, 0.15) is 29.0 Å². The average Bonchev–Trinajstić information content (AvgIpc) is 3.20. The standard InChI is InChI=1S/C31H34N2O7/c1-6-10-24(29(35)33-25(30(36)37)13-20-11-8-7-9-12-20)32-26(34)15-23-17(3)22-14-21-16(2)19(5)39-27(21)18(4)28(22)40-31(23)38/h7-9,11-12,14,24-25H,6,10,13,15H2,1-5H3,(H,32,34)(H,33,35)(H,36,37)/t24-,25-/m0/s1. The molecule has 0 aliphatic heterocycles. The molecule has 0 aliphatic carbocycles. The summed E-state index contributed by atoms with van der Waals surface area (Å²) in [7, 11) is 0. The number of rotatable bonds is 10. The van der Waals surface area contributed by atoms with E-state index in [1.807, 2.05) is 39.8 Å². The minimum Gasteiger partial charge on any atom is -0.480 e. The second-order valence-electron chi connectivity index (χ2n) is 10.2. The summed E-state index contributed by atoms with van der Waals surface area (Å²) in [6, 6.07) is 8.78. The van der Waals surface area contributed by atoms with Crippen LogP contribution in [0, 0.1) is 27.7 Å². The van der Waals surface area contributed by atoms with Gasteiger partial charge >= 0.3 is 11.6 Å². The van der Waals surface area contributed by atoms with E-state index >= 15 is 0 Å². The summed E-state index contributed by atoms with van der Waals surface area (Å²) < 4.78 is 11.5. The van der Waals surface area contributed by atoms with E-state index in [0.29, 0.717) is 40.5 Å². The number of carbonyl (C=O) groups is 3. The molecular formula is C31H34N2O7. The Morgan fingerprint density at radius 1 is 0.875 bits per heavy atom. The second-order valence-corrected chi connectivity index (χ2v) is 10.2. The lowest BCUT2D eigenvalue weighted by Crippen LogP contribution is -2.52. The Balaban J connectivity index is 1.55. The molecule has 0 unspecified atom stereocenters. The number of aliphatic carboxylic acids is 1. The molecule has 0 saturated carbocycles. The van der Waals surface area contributed by atoms with Gasteiger partial charge in [0.15, 0.2) is 0 Å². The van der Waals surface area contributed by atoms with Gasteiger partial charge in [-0.1, -0.05) is 43.7 Å². The highest BCUT2D eigenvalue weighted by Crippen LogP contribution is 2.34. The van der Waals surface area contributed by atoms with Gasteiger partial charge in [0.25, 0.3) is 0 Å². The van der Waals surface area contributed by atoms with Crippen molar-refractivity contribution in [3.8, 4) is 0 Å². The van der Waals surface area contributed by atoms with Gasteiger partial charge in [-0.25, -0.2) is 9.59 Å². The summed E-state index contributed by atoms with van der Waals surface area (Å²) in [6.45, 7) is 9.30. The Hall–Kier alpha value is -4.40. The summed E-state index contributed by atoms with van der Waals surface area (Å²) >= 11 is 0. The third-order valence-electron chi connectivity index (χ3n) is 7.41. The number of aryl methyl sites for hydroxylation is 4. The van der Waals surface area contributed by atoms with Gasteiger partial charge in [0.05, 0.1) is 12.0 Å². The number of hydrogen-bond acceptors (Lipinski definition) is 6. The van der Waals surface area contributed by atoms with Gasteiger partial charge in [-0.2, -0.15) is 0 Å².